The molecule has 0 spiro atoms. The Hall–Kier alpha value is -0.160. The maximum Gasteiger partial charge on any atom is 0.185 e. The first kappa shape index (κ1) is 6.54. The van der Waals surface area contributed by atoms with Crippen molar-refractivity contribution in [1.29, 1.82) is 0 Å². The van der Waals surface area contributed by atoms with E-state index in [9.17, 15) is 5.11 Å². The van der Waals surface area contributed by atoms with E-state index in [1.807, 2.05) is 0 Å². The summed E-state index contributed by atoms with van der Waals surface area (Å²) in [4.78, 5) is 0. The molecule has 0 aromatic carbocycles. The number of rotatable bonds is 0. The van der Waals surface area contributed by atoms with Crippen LogP contribution in [0.3, 0.4) is 0 Å². The minimum absolute atomic E-state index is 0.114. The molecule has 0 radical (unpaired) electrons. The molecule has 0 saturated carbocycles. The summed E-state index contributed by atoms with van der Waals surface area (Å²) in [5.74, 6) is 0. The summed E-state index contributed by atoms with van der Waals surface area (Å²) in [6.07, 6.45) is -0.284. The van der Waals surface area contributed by atoms with Crippen molar-refractivity contribution in [3.05, 3.63) is 0 Å². The van der Waals surface area contributed by atoms with Crippen molar-refractivity contribution in [2.45, 2.75) is 31.0 Å². The summed E-state index contributed by atoms with van der Waals surface area (Å²) in [5, 5.41) is 9.29. The van der Waals surface area contributed by atoms with Gasteiger partial charge in [-0.3, -0.25) is 0 Å². The number of hydrogen-bond acceptors (Lipinski definition) is 4. The van der Waals surface area contributed by atoms with Crippen LogP contribution in [0.25, 0.3) is 0 Å². The zero-order chi connectivity index (χ0) is 7.14. The molecule has 2 heterocycles. The lowest BCUT2D eigenvalue weighted by molar-refractivity contribution is -0.159. The summed E-state index contributed by atoms with van der Waals surface area (Å²) >= 11 is 0. The van der Waals surface area contributed by atoms with Crippen LogP contribution >= 0.6 is 0 Å². The van der Waals surface area contributed by atoms with Crippen molar-refractivity contribution in [3.63, 3.8) is 0 Å². The third-order valence-corrected chi connectivity index (χ3v) is 2.03. The Morgan fingerprint density at radius 3 is 3.10 bits per heavy atom. The van der Waals surface area contributed by atoms with E-state index >= 15 is 0 Å². The first-order chi connectivity index (χ1) is 4.77. The standard InChI is InChI=1S/C6H11NO3/c7-4-1-3-2-9-6(10-3)5(4)8/h3-6,8H,1-2,7H2. The molecule has 2 rings (SSSR count). The highest BCUT2D eigenvalue weighted by Crippen LogP contribution is 2.25. The lowest BCUT2D eigenvalue weighted by Crippen LogP contribution is -2.48. The van der Waals surface area contributed by atoms with Crippen LogP contribution < -0.4 is 5.73 Å². The molecule has 0 aromatic heterocycles. The zero-order valence-electron chi connectivity index (χ0n) is 5.56. The van der Waals surface area contributed by atoms with Crippen LogP contribution in [0.5, 0.6) is 0 Å². The number of ether oxygens (including phenoxy) is 2. The third-order valence-electron chi connectivity index (χ3n) is 2.03. The fourth-order valence-electron chi connectivity index (χ4n) is 1.42. The summed E-state index contributed by atoms with van der Waals surface area (Å²) in [5.41, 5.74) is 5.59. The molecular weight excluding hydrogens is 134 g/mol. The minimum atomic E-state index is -0.640. The monoisotopic (exact) mass is 145 g/mol. The Morgan fingerprint density at radius 1 is 1.50 bits per heavy atom. The van der Waals surface area contributed by atoms with Crippen LogP contribution in [0.1, 0.15) is 6.42 Å². The van der Waals surface area contributed by atoms with Crippen LogP contribution in [0, 0.1) is 0 Å². The minimum Gasteiger partial charge on any atom is -0.386 e. The molecule has 58 valence electrons. The highest BCUT2D eigenvalue weighted by atomic mass is 16.7. The highest BCUT2D eigenvalue weighted by molar-refractivity contribution is 4.87. The first-order valence-electron chi connectivity index (χ1n) is 3.48. The largest absolute Gasteiger partial charge is 0.386 e. The number of nitrogens with two attached hydrogens (primary N) is 1. The van der Waals surface area contributed by atoms with Crippen molar-refractivity contribution in [2.75, 3.05) is 6.61 Å². The summed E-state index contributed by atoms with van der Waals surface area (Å²) in [6, 6.07) is -0.175. The lowest BCUT2D eigenvalue weighted by atomic mass is 10.0. The molecule has 2 fully saturated rings. The normalized spacial score (nSPS) is 53.4. The number of aliphatic hydroxyl groups excluding tert-OH is 1. The van der Waals surface area contributed by atoms with Gasteiger partial charge in [0, 0.05) is 6.04 Å². The second kappa shape index (κ2) is 2.17. The maximum atomic E-state index is 9.29. The summed E-state index contributed by atoms with van der Waals surface area (Å²) in [7, 11) is 0. The smallest absolute Gasteiger partial charge is 0.185 e. The number of fused-ring (bicyclic) bond motifs is 2. The van der Waals surface area contributed by atoms with Crippen molar-refractivity contribution < 1.29 is 14.6 Å². The van der Waals surface area contributed by atoms with E-state index in [0.29, 0.717) is 13.0 Å². The molecule has 3 N–H and O–H groups in total. The van der Waals surface area contributed by atoms with Gasteiger partial charge in [0.25, 0.3) is 0 Å². The zero-order valence-corrected chi connectivity index (χ0v) is 5.56. The molecule has 0 amide bonds. The highest BCUT2D eigenvalue weighted by Gasteiger charge is 2.41. The van der Waals surface area contributed by atoms with Crippen molar-refractivity contribution in [1.82, 2.24) is 0 Å². The van der Waals surface area contributed by atoms with Crippen molar-refractivity contribution in [3.8, 4) is 0 Å². The molecule has 4 heteroatoms. The van der Waals surface area contributed by atoms with Gasteiger partial charge < -0.3 is 20.3 Å². The predicted octanol–water partition coefficient (Wildman–Crippen LogP) is -1.18. The molecular formula is C6H11NO3. The molecule has 4 nitrogen and oxygen atoms in total. The van der Waals surface area contributed by atoms with Crippen molar-refractivity contribution >= 4 is 0 Å². The van der Waals surface area contributed by atoms with Gasteiger partial charge in [-0.05, 0) is 6.42 Å². The number of aliphatic hydroxyl groups is 1. The molecule has 2 bridgehead atoms. The van der Waals surface area contributed by atoms with Crippen molar-refractivity contribution in [2.24, 2.45) is 5.73 Å². The maximum absolute atomic E-state index is 9.29. The first-order valence-corrected chi connectivity index (χ1v) is 3.48. The van der Waals surface area contributed by atoms with Gasteiger partial charge in [0.05, 0.1) is 12.7 Å². The second-order valence-electron chi connectivity index (χ2n) is 2.85. The quantitative estimate of drug-likeness (QED) is 0.450. The summed E-state index contributed by atoms with van der Waals surface area (Å²) < 4.78 is 10.3. The Morgan fingerprint density at radius 2 is 2.30 bits per heavy atom. The molecule has 2 aliphatic heterocycles. The molecule has 2 aliphatic rings. The van der Waals surface area contributed by atoms with Crippen LogP contribution in [0.15, 0.2) is 0 Å². The van der Waals surface area contributed by atoms with Gasteiger partial charge in [-0.1, -0.05) is 0 Å². The van der Waals surface area contributed by atoms with E-state index in [1.165, 1.54) is 0 Å². The average Bonchev–Trinajstić information content (AvgIpc) is 2.29. The Bertz CT molecular complexity index is 141. The van der Waals surface area contributed by atoms with E-state index in [0.717, 1.165) is 0 Å². The van der Waals surface area contributed by atoms with E-state index < -0.39 is 12.4 Å². The second-order valence-corrected chi connectivity index (χ2v) is 2.85. The van der Waals surface area contributed by atoms with E-state index in [2.05, 4.69) is 0 Å². The topological polar surface area (TPSA) is 64.7 Å². The Labute approximate surface area is 58.9 Å². The predicted molar refractivity (Wildman–Crippen MR) is 33.2 cm³/mol. The Balaban J connectivity index is 2.09. The fourth-order valence-corrected chi connectivity index (χ4v) is 1.42. The van der Waals surface area contributed by atoms with Gasteiger partial charge in [-0.2, -0.15) is 0 Å². The van der Waals surface area contributed by atoms with Gasteiger partial charge in [0.1, 0.15) is 6.10 Å². The van der Waals surface area contributed by atoms with Gasteiger partial charge in [-0.15, -0.1) is 0 Å². The molecule has 2 saturated heterocycles. The molecule has 4 atom stereocenters. The lowest BCUT2D eigenvalue weighted by Gasteiger charge is -2.28. The van der Waals surface area contributed by atoms with E-state index in [4.69, 9.17) is 15.2 Å². The molecule has 10 heavy (non-hydrogen) atoms. The van der Waals surface area contributed by atoms with Crippen LogP contribution in [0.2, 0.25) is 0 Å². The number of hydrogen-bond donors (Lipinski definition) is 2. The fraction of sp³-hybridized carbons (Fsp3) is 1.00. The summed E-state index contributed by atoms with van der Waals surface area (Å²) in [6.45, 7) is 0.579. The Kier molecular flexibility index (Phi) is 1.42. The molecule has 0 aliphatic carbocycles. The third kappa shape index (κ3) is 0.845. The van der Waals surface area contributed by atoms with Crippen LogP contribution in [-0.2, 0) is 9.47 Å². The molecule has 0 aromatic rings. The van der Waals surface area contributed by atoms with Gasteiger partial charge >= 0.3 is 0 Å². The van der Waals surface area contributed by atoms with E-state index in [1.54, 1.807) is 0 Å². The average molecular weight is 145 g/mol. The van der Waals surface area contributed by atoms with Gasteiger partial charge in [-0.25, -0.2) is 0 Å². The van der Waals surface area contributed by atoms with E-state index in [-0.39, 0.29) is 12.1 Å². The van der Waals surface area contributed by atoms with Crippen LogP contribution in [0.4, 0.5) is 0 Å². The van der Waals surface area contributed by atoms with Crippen LogP contribution in [-0.4, -0.2) is 36.3 Å². The van der Waals surface area contributed by atoms with Gasteiger partial charge in [0.2, 0.25) is 0 Å². The SMILES string of the molecule is NC1CC2COC(O2)C1O. The van der Waals surface area contributed by atoms with Gasteiger partial charge in [0.15, 0.2) is 6.29 Å². The molecule has 4 unspecified atom stereocenters.